The molecule has 0 unspecified atom stereocenters. The molecule has 1 heterocycles. The molecule has 0 spiro atoms. The Kier molecular flexibility index (Phi) is 3.69. The van der Waals surface area contributed by atoms with E-state index >= 15 is 0 Å². The smallest absolute Gasteiger partial charge is 0.150 e. The van der Waals surface area contributed by atoms with Gasteiger partial charge in [0.15, 0.2) is 0 Å². The van der Waals surface area contributed by atoms with Gasteiger partial charge in [-0.3, -0.25) is 4.98 Å². The molecule has 0 radical (unpaired) electrons. The van der Waals surface area contributed by atoms with E-state index in [4.69, 9.17) is 10.5 Å². The van der Waals surface area contributed by atoms with Gasteiger partial charge in [-0.05, 0) is 18.2 Å². The van der Waals surface area contributed by atoms with Gasteiger partial charge >= 0.3 is 0 Å². The summed E-state index contributed by atoms with van der Waals surface area (Å²) in [6.07, 6.45) is 1.67. The van der Waals surface area contributed by atoms with Gasteiger partial charge in [0.25, 0.3) is 0 Å². The van der Waals surface area contributed by atoms with Gasteiger partial charge in [0.05, 0.1) is 12.3 Å². The van der Waals surface area contributed by atoms with Gasteiger partial charge in [-0.25, -0.2) is 0 Å². The van der Waals surface area contributed by atoms with Crippen LogP contribution in [0.1, 0.15) is 11.3 Å². The highest BCUT2D eigenvalue weighted by Crippen LogP contribution is 2.26. The molecule has 0 saturated carbocycles. The van der Waals surface area contributed by atoms with Crippen LogP contribution in [0.25, 0.3) is 0 Å². The molecule has 88 valence electrons. The molecule has 0 fully saturated rings. The van der Waals surface area contributed by atoms with Crippen LogP contribution in [0.3, 0.4) is 0 Å². The van der Waals surface area contributed by atoms with E-state index in [0.717, 1.165) is 5.56 Å². The minimum absolute atomic E-state index is 0.0611. The van der Waals surface area contributed by atoms with E-state index in [1.807, 2.05) is 24.3 Å². The quantitative estimate of drug-likeness (QED) is 0.840. The lowest BCUT2D eigenvalue weighted by atomic mass is 10.2. The average molecular weight is 230 g/mol. The lowest BCUT2D eigenvalue weighted by Gasteiger charge is -2.11. The maximum atomic E-state index is 9.20. The summed E-state index contributed by atoms with van der Waals surface area (Å²) in [5.41, 5.74) is 7.01. The number of hydrogen-bond donors (Lipinski definition) is 2. The Balaban J connectivity index is 2.31. The number of nitrogens with zero attached hydrogens (tertiary/aromatic N) is 1. The van der Waals surface area contributed by atoms with Crippen molar-refractivity contribution in [3.05, 3.63) is 53.9 Å². The van der Waals surface area contributed by atoms with Gasteiger partial charge in [-0.1, -0.05) is 18.2 Å². The zero-order valence-corrected chi connectivity index (χ0v) is 9.34. The van der Waals surface area contributed by atoms with Crippen molar-refractivity contribution in [3.63, 3.8) is 0 Å². The molecule has 2 aromatic rings. The zero-order valence-electron chi connectivity index (χ0n) is 9.34. The Morgan fingerprint density at radius 2 is 1.88 bits per heavy atom. The Bertz CT molecular complexity index is 455. The zero-order chi connectivity index (χ0) is 12.1. The van der Waals surface area contributed by atoms with E-state index in [2.05, 4.69) is 4.98 Å². The molecular formula is C13H14N2O2. The number of aliphatic hydroxyl groups is 1. The molecule has 0 aliphatic heterocycles. The van der Waals surface area contributed by atoms with Crippen molar-refractivity contribution in [1.29, 1.82) is 0 Å². The Morgan fingerprint density at radius 1 is 1.12 bits per heavy atom. The highest BCUT2D eigenvalue weighted by Gasteiger charge is 2.07. The minimum Gasteiger partial charge on any atom is -0.455 e. The van der Waals surface area contributed by atoms with Gasteiger partial charge in [-0.15, -0.1) is 0 Å². The molecule has 0 amide bonds. The van der Waals surface area contributed by atoms with Crippen molar-refractivity contribution in [2.24, 2.45) is 5.73 Å². The number of benzene rings is 1. The molecule has 0 atom stereocenters. The van der Waals surface area contributed by atoms with Crippen LogP contribution in [0.5, 0.6) is 11.5 Å². The summed E-state index contributed by atoms with van der Waals surface area (Å²) in [4.78, 5) is 4.14. The van der Waals surface area contributed by atoms with Crippen molar-refractivity contribution in [3.8, 4) is 11.5 Å². The second kappa shape index (κ2) is 5.43. The maximum Gasteiger partial charge on any atom is 0.150 e. The normalized spacial score (nSPS) is 10.2. The van der Waals surface area contributed by atoms with Crippen LogP contribution in [-0.2, 0) is 13.2 Å². The fourth-order valence-electron chi connectivity index (χ4n) is 1.52. The molecule has 3 N–H and O–H groups in total. The Labute approximate surface area is 99.7 Å². The summed E-state index contributed by atoms with van der Waals surface area (Å²) >= 11 is 0. The maximum absolute atomic E-state index is 9.20. The fraction of sp³-hybridized carbons (Fsp3) is 0.154. The summed E-state index contributed by atoms with van der Waals surface area (Å²) in [7, 11) is 0. The molecule has 0 aliphatic carbocycles. The minimum atomic E-state index is -0.0611. The second-order valence-corrected chi connectivity index (χ2v) is 3.52. The van der Waals surface area contributed by atoms with Gasteiger partial charge in [0.2, 0.25) is 0 Å². The van der Waals surface area contributed by atoms with E-state index in [-0.39, 0.29) is 6.61 Å². The highest BCUT2D eigenvalue weighted by atomic mass is 16.5. The van der Waals surface area contributed by atoms with Crippen LogP contribution in [0.4, 0.5) is 0 Å². The molecule has 0 saturated heterocycles. The van der Waals surface area contributed by atoms with Crippen LogP contribution in [0.15, 0.2) is 42.6 Å². The van der Waals surface area contributed by atoms with Crippen LogP contribution >= 0.6 is 0 Å². The van der Waals surface area contributed by atoms with Crippen molar-refractivity contribution in [1.82, 2.24) is 4.98 Å². The number of rotatable bonds is 4. The molecule has 4 nitrogen and oxygen atoms in total. The molecule has 0 bridgehead atoms. The van der Waals surface area contributed by atoms with E-state index in [1.54, 1.807) is 18.3 Å². The molecule has 4 heteroatoms. The summed E-state index contributed by atoms with van der Waals surface area (Å²) in [6, 6.07) is 10.9. The monoisotopic (exact) mass is 230 g/mol. The van der Waals surface area contributed by atoms with Gasteiger partial charge in [-0.2, -0.15) is 0 Å². The van der Waals surface area contributed by atoms with E-state index in [0.29, 0.717) is 23.7 Å². The van der Waals surface area contributed by atoms with Gasteiger partial charge < -0.3 is 15.6 Å². The SMILES string of the molecule is NCc1ncccc1Oc1ccccc1CO. The van der Waals surface area contributed by atoms with Crippen LogP contribution in [-0.4, -0.2) is 10.1 Å². The number of para-hydroxylation sites is 1. The van der Waals surface area contributed by atoms with Gasteiger partial charge in [0, 0.05) is 18.3 Å². The summed E-state index contributed by atoms with van der Waals surface area (Å²) in [6.45, 7) is 0.256. The Morgan fingerprint density at radius 3 is 2.65 bits per heavy atom. The first-order valence-electron chi connectivity index (χ1n) is 5.35. The molecule has 1 aromatic heterocycles. The van der Waals surface area contributed by atoms with E-state index < -0.39 is 0 Å². The molecular weight excluding hydrogens is 216 g/mol. The number of hydrogen-bond acceptors (Lipinski definition) is 4. The summed E-state index contributed by atoms with van der Waals surface area (Å²) in [5.74, 6) is 1.24. The van der Waals surface area contributed by atoms with E-state index in [9.17, 15) is 5.11 Å². The summed E-state index contributed by atoms with van der Waals surface area (Å²) in [5, 5.41) is 9.20. The first-order valence-corrected chi connectivity index (χ1v) is 5.35. The first-order chi connectivity index (χ1) is 8.35. The molecule has 2 rings (SSSR count). The third-order valence-corrected chi connectivity index (χ3v) is 2.40. The van der Waals surface area contributed by atoms with Crippen molar-refractivity contribution < 1.29 is 9.84 Å². The second-order valence-electron chi connectivity index (χ2n) is 3.52. The molecule has 17 heavy (non-hydrogen) atoms. The number of aliphatic hydroxyl groups excluding tert-OH is 1. The predicted octanol–water partition coefficient (Wildman–Crippen LogP) is 1.82. The Hall–Kier alpha value is -1.91. The third-order valence-electron chi connectivity index (χ3n) is 2.40. The molecule has 1 aromatic carbocycles. The first kappa shape index (κ1) is 11.6. The lowest BCUT2D eigenvalue weighted by Crippen LogP contribution is -2.02. The van der Waals surface area contributed by atoms with Crippen LogP contribution < -0.4 is 10.5 Å². The van der Waals surface area contributed by atoms with Gasteiger partial charge in [0.1, 0.15) is 11.5 Å². The van der Waals surface area contributed by atoms with Crippen LogP contribution in [0, 0.1) is 0 Å². The average Bonchev–Trinajstić information content (AvgIpc) is 2.40. The largest absolute Gasteiger partial charge is 0.455 e. The lowest BCUT2D eigenvalue weighted by molar-refractivity contribution is 0.276. The number of pyridine rings is 1. The fourth-order valence-corrected chi connectivity index (χ4v) is 1.52. The highest BCUT2D eigenvalue weighted by molar-refractivity contribution is 5.38. The van der Waals surface area contributed by atoms with Crippen molar-refractivity contribution >= 4 is 0 Å². The number of ether oxygens (including phenoxy) is 1. The van der Waals surface area contributed by atoms with Crippen molar-refractivity contribution in [2.45, 2.75) is 13.2 Å². The van der Waals surface area contributed by atoms with Crippen molar-refractivity contribution in [2.75, 3.05) is 0 Å². The topological polar surface area (TPSA) is 68.4 Å². The molecule has 0 aliphatic rings. The van der Waals surface area contributed by atoms with Crippen LogP contribution in [0.2, 0.25) is 0 Å². The van der Waals surface area contributed by atoms with E-state index in [1.165, 1.54) is 0 Å². The standard InChI is InChI=1S/C13H14N2O2/c14-8-11-13(6-3-7-15-11)17-12-5-2-1-4-10(12)9-16/h1-7,16H,8-9,14H2. The predicted molar refractivity (Wildman–Crippen MR) is 64.6 cm³/mol. The number of aromatic nitrogens is 1. The summed E-state index contributed by atoms with van der Waals surface area (Å²) < 4.78 is 5.72. The number of nitrogens with two attached hydrogens (primary N) is 1. The third kappa shape index (κ3) is 2.61.